The third kappa shape index (κ3) is 9.51. The third-order valence-electron chi connectivity index (χ3n) is 7.05. The smallest absolute Gasteiger partial charge is 0.338 e. The van der Waals surface area contributed by atoms with E-state index in [0.29, 0.717) is 5.56 Å². The molecule has 0 unspecified atom stereocenters. The number of hydrogen-bond acceptors (Lipinski definition) is 8. The van der Waals surface area contributed by atoms with Crippen LogP contribution in [-0.4, -0.2) is 23.9 Å². The molecule has 0 aromatic heterocycles. The second-order valence-electron chi connectivity index (χ2n) is 11.6. The summed E-state index contributed by atoms with van der Waals surface area (Å²) in [7, 11) is 0. The van der Waals surface area contributed by atoms with Crippen LogP contribution in [0.5, 0.6) is 23.0 Å². The summed E-state index contributed by atoms with van der Waals surface area (Å²) in [5.41, 5.74) is 6.02. The van der Waals surface area contributed by atoms with Crippen LogP contribution in [0.1, 0.15) is 38.8 Å². The summed E-state index contributed by atoms with van der Waals surface area (Å²) in [6.07, 6.45) is 3.75. The van der Waals surface area contributed by atoms with Crippen molar-refractivity contribution in [1.82, 2.24) is 0 Å². The first-order chi connectivity index (χ1) is 23.7. The molecule has 0 bridgehead atoms. The summed E-state index contributed by atoms with van der Waals surface area (Å²) in [4.78, 5) is 48.7. The Labute approximate surface area is 291 Å². The molecule has 0 amide bonds. The summed E-state index contributed by atoms with van der Waals surface area (Å²) < 4.78 is 21.6. The van der Waals surface area contributed by atoms with Crippen molar-refractivity contribution < 1.29 is 38.1 Å². The molecule has 50 heavy (non-hydrogen) atoms. The molecule has 0 aliphatic rings. The van der Waals surface area contributed by atoms with Crippen molar-refractivity contribution in [2.45, 2.75) is 27.7 Å². The van der Waals surface area contributed by atoms with E-state index in [1.165, 1.54) is 27.7 Å². The van der Waals surface area contributed by atoms with Gasteiger partial charge in [-0.3, -0.25) is 0 Å². The van der Waals surface area contributed by atoms with Crippen molar-refractivity contribution in [2.24, 2.45) is 0 Å². The molecule has 0 radical (unpaired) electrons. The Morgan fingerprint density at radius 1 is 0.400 bits per heavy atom. The molecule has 0 spiro atoms. The van der Waals surface area contributed by atoms with Crippen molar-refractivity contribution in [2.75, 3.05) is 0 Å². The van der Waals surface area contributed by atoms with Gasteiger partial charge in [0.2, 0.25) is 0 Å². The van der Waals surface area contributed by atoms with Crippen LogP contribution < -0.4 is 18.9 Å². The second-order valence-corrected chi connectivity index (χ2v) is 11.6. The highest BCUT2D eigenvalue weighted by Gasteiger charge is 2.17. The van der Waals surface area contributed by atoms with Crippen LogP contribution in [0.3, 0.4) is 0 Å². The minimum Gasteiger partial charge on any atom is -0.419 e. The molecule has 0 aliphatic carbocycles. The number of benzene rings is 4. The number of carbonyl (C=O) groups excluding carboxylic acids is 4. The van der Waals surface area contributed by atoms with E-state index in [0.717, 1.165) is 27.8 Å². The van der Waals surface area contributed by atoms with Crippen LogP contribution in [0.2, 0.25) is 0 Å². The fraction of sp³-hybridized carbons (Fsp3) is 0.0952. The molecular formula is C42H36O8. The highest BCUT2D eigenvalue weighted by atomic mass is 16.6. The molecule has 252 valence electrons. The maximum absolute atomic E-state index is 12.3. The minimum absolute atomic E-state index is 0.0831. The third-order valence-corrected chi connectivity index (χ3v) is 7.05. The van der Waals surface area contributed by atoms with Gasteiger partial charge in [-0.15, -0.1) is 0 Å². The largest absolute Gasteiger partial charge is 0.419 e. The van der Waals surface area contributed by atoms with Gasteiger partial charge in [0.25, 0.3) is 0 Å². The highest BCUT2D eigenvalue weighted by molar-refractivity contribution is 5.92. The fourth-order valence-electron chi connectivity index (χ4n) is 4.23. The zero-order valence-corrected chi connectivity index (χ0v) is 28.3. The van der Waals surface area contributed by atoms with Gasteiger partial charge < -0.3 is 18.9 Å². The topological polar surface area (TPSA) is 105 Å². The predicted octanol–water partition coefficient (Wildman–Crippen LogP) is 9.12. The number of esters is 4. The molecule has 4 aromatic carbocycles. The van der Waals surface area contributed by atoms with Crippen molar-refractivity contribution in [3.8, 4) is 45.3 Å². The van der Waals surface area contributed by atoms with Crippen molar-refractivity contribution in [3.05, 3.63) is 145 Å². The van der Waals surface area contributed by atoms with E-state index in [-0.39, 0.29) is 45.3 Å². The molecular weight excluding hydrogens is 632 g/mol. The maximum Gasteiger partial charge on any atom is 0.338 e. The van der Waals surface area contributed by atoms with Gasteiger partial charge in [-0.1, -0.05) is 99.1 Å². The molecule has 0 N–H and O–H groups in total. The zero-order valence-electron chi connectivity index (χ0n) is 28.3. The van der Waals surface area contributed by atoms with Gasteiger partial charge >= 0.3 is 23.9 Å². The summed E-state index contributed by atoms with van der Waals surface area (Å²) in [5.74, 6) is -2.20. The quantitative estimate of drug-likeness (QED) is 0.0637. The zero-order chi connectivity index (χ0) is 36.5. The molecule has 4 rings (SSSR count). The minimum atomic E-state index is -0.643. The lowest BCUT2D eigenvalue weighted by molar-refractivity contribution is -0.132. The van der Waals surface area contributed by atoms with Crippen LogP contribution >= 0.6 is 0 Å². The van der Waals surface area contributed by atoms with E-state index in [1.54, 1.807) is 36.4 Å². The lowest BCUT2D eigenvalue weighted by Gasteiger charge is -2.13. The first-order valence-electron chi connectivity index (χ1n) is 15.4. The molecule has 8 nitrogen and oxygen atoms in total. The van der Waals surface area contributed by atoms with Gasteiger partial charge in [0, 0.05) is 22.3 Å². The molecule has 0 heterocycles. The lowest BCUT2D eigenvalue weighted by atomic mass is 9.99. The molecule has 4 aromatic rings. The maximum atomic E-state index is 12.3. The number of hydrogen-bond donors (Lipinski definition) is 0. The monoisotopic (exact) mass is 668 g/mol. The summed E-state index contributed by atoms with van der Waals surface area (Å²) in [6.45, 7) is 20.5. The molecule has 0 aliphatic heterocycles. The Morgan fingerprint density at radius 2 is 0.700 bits per heavy atom. The van der Waals surface area contributed by atoms with Crippen LogP contribution in [0.25, 0.3) is 34.4 Å². The Balaban J connectivity index is 1.52. The van der Waals surface area contributed by atoms with Crippen molar-refractivity contribution >= 4 is 36.0 Å². The number of ether oxygens (including phenoxy) is 4. The Morgan fingerprint density at radius 3 is 1.14 bits per heavy atom. The van der Waals surface area contributed by atoms with Gasteiger partial charge in [-0.25, -0.2) is 19.2 Å². The van der Waals surface area contributed by atoms with E-state index in [4.69, 9.17) is 18.9 Å². The average molecular weight is 669 g/mol. The van der Waals surface area contributed by atoms with Crippen molar-refractivity contribution in [3.63, 3.8) is 0 Å². The van der Waals surface area contributed by atoms with Gasteiger partial charge in [0.15, 0.2) is 23.0 Å². The fourth-order valence-corrected chi connectivity index (χ4v) is 4.23. The van der Waals surface area contributed by atoms with Crippen LogP contribution in [0.4, 0.5) is 0 Å². The Hall–Kier alpha value is -6.54. The Bertz CT molecular complexity index is 2060. The van der Waals surface area contributed by atoms with E-state index < -0.39 is 23.9 Å². The summed E-state index contributed by atoms with van der Waals surface area (Å²) in [5, 5.41) is 0. The molecule has 0 saturated carbocycles. The molecule has 0 saturated heterocycles. The molecule has 0 atom stereocenters. The average Bonchev–Trinajstić information content (AvgIpc) is 3.09. The lowest BCUT2D eigenvalue weighted by Crippen LogP contribution is -2.12. The second kappa shape index (κ2) is 16.0. The number of rotatable bonds is 12. The van der Waals surface area contributed by atoms with Gasteiger partial charge in [0.1, 0.15) is 0 Å². The van der Waals surface area contributed by atoms with Crippen LogP contribution in [0.15, 0.2) is 134 Å². The van der Waals surface area contributed by atoms with Crippen molar-refractivity contribution in [1.29, 1.82) is 0 Å². The van der Waals surface area contributed by atoms with E-state index in [9.17, 15) is 19.2 Å². The van der Waals surface area contributed by atoms with Crippen LogP contribution in [-0.2, 0) is 19.2 Å². The SMILES string of the molecule is C=C(C)C(=O)Oc1ccc(/C=C/c2ccc(-c3ccc(-c4ccc(OC(=O)C(=C)C)c(OC(=O)C(=C)C)c4)cc3)cc2)cc1OC(=O)C(=C)C. The van der Waals surface area contributed by atoms with Gasteiger partial charge in [-0.05, 0) is 85.3 Å². The van der Waals surface area contributed by atoms with Crippen LogP contribution in [0, 0.1) is 0 Å². The predicted molar refractivity (Wildman–Crippen MR) is 194 cm³/mol. The van der Waals surface area contributed by atoms with E-state index in [1.807, 2.05) is 60.7 Å². The summed E-state index contributed by atoms with van der Waals surface area (Å²) in [6, 6.07) is 25.6. The normalized spacial score (nSPS) is 10.6. The van der Waals surface area contributed by atoms with E-state index in [2.05, 4.69) is 26.3 Å². The molecule has 8 heteroatoms. The highest BCUT2D eigenvalue weighted by Crippen LogP contribution is 2.35. The Kier molecular flexibility index (Phi) is 11.6. The van der Waals surface area contributed by atoms with Gasteiger partial charge in [-0.2, -0.15) is 0 Å². The standard InChI is InChI=1S/C42H36O8/c1-25(2)39(43)47-35-21-13-30(23-37(35)49-41(45)27(5)6)10-9-29-11-14-31(15-12-29)32-16-18-33(19-17-32)34-20-22-36(48-40(44)26(3)4)38(24-34)50-42(46)28(7)8/h9-24H,1,3,5,7H2,2,4,6,8H3/b10-9+. The molecule has 0 fully saturated rings. The first kappa shape index (κ1) is 36.3. The summed E-state index contributed by atoms with van der Waals surface area (Å²) >= 11 is 0. The first-order valence-corrected chi connectivity index (χ1v) is 15.4. The number of carbonyl (C=O) groups is 4. The van der Waals surface area contributed by atoms with E-state index >= 15 is 0 Å². The van der Waals surface area contributed by atoms with Gasteiger partial charge in [0.05, 0.1) is 0 Å².